The van der Waals surface area contributed by atoms with Gasteiger partial charge in [0.05, 0.1) is 6.20 Å². The zero-order valence-electron chi connectivity index (χ0n) is 8.93. The van der Waals surface area contributed by atoms with Crippen LogP contribution in [0, 0.1) is 0 Å². The molecule has 1 aliphatic heterocycles. The van der Waals surface area contributed by atoms with Crippen molar-refractivity contribution in [2.45, 2.75) is 12.8 Å². The lowest BCUT2D eigenvalue weighted by molar-refractivity contribution is 0.927. The Morgan fingerprint density at radius 2 is 2.12 bits per heavy atom. The van der Waals surface area contributed by atoms with E-state index in [1.54, 1.807) is 6.20 Å². The summed E-state index contributed by atoms with van der Waals surface area (Å²) >= 11 is 0. The normalized spacial score (nSPS) is 15.9. The summed E-state index contributed by atoms with van der Waals surface area (Å²) in [5.74, 6) is 6.99. The van der Waals surface area contributed by atoms with E-state index in [0.717, 1.165) is 24.6 Å². The Kier molecular flexibility index (Phi) is 2.14. The highest BCUT2D eigenvalue weighted by Gasteiger charge is 2.18. The van der Waals surface area contributed by atoms with Crippen LogP contribution in [0.3, 0.4) is 0 Å². The number of nitrogens with two attached hydrogens (primary N) is 1. The first kappa shape index (κ1) is 9.41. The Labute approximate surface area is 93.1 Å². The molecule has 0 unspecified atom stereocenters. The molecular formula is C10H14N6. The second kappa shape index (κ2) is 3.64. The van der Waals surface area contributed by atoms with Gasteiger partial charge < -0.3 is 14.7 Å². The first-order chi connectivity index (χ1) is 7.88. The van der Waals surface area contributed by atoms with E-state index in [2.05, 4.69) is 20.3 Å². The van der Waals surface area contributed by atoms with E-state index in [0.29, 0.717) is 5.82 Å². The summed E-state index contributed by atoms with van der Waals surface area (Å²) in [4.78, 5) is 11.1. The second-order valence-corrected chi connectivity index (χ2v) is 3.95. The highest BCUT2D eigenvalue weighted by Crippen LogP contribution is 2.23. The zero-order valence-corrected chi connectivity index (χ0v) is 8.93. The Morgan fingerprint density at radius 1 is 1.31 bits per heavy atom. The second-order valence-electron chi connectivity index (χ2n) is 3.95. The van der Waals surface area contributed by atoms with Crippen molar-refractivity contribution in [3.63, 3.8) is 0 Å². The molecule has 84 valence electrons. The maximum Gasteiger partial charge on any atom is 0.180 e. The molecule has 0 aromatic carbocycles. The van der Waals surface area contributed by atoms with Crippen molar-refractivity contribution in [2.24, 2.45) is 5.84 Å². The van der Waals surface area contributed by atoms with Crippen LogP contribution in [-0.2, 0) is 0 Å². The highest BCUT2D eigenvalue weighted by atomic mass is 15.3. The summed E-state index contributed by atoms with van der Waals surface area (Å²) in [6.45, 7) is 2.09. The molecule has 1 fully saturated rings. The van der Waals surface area contributed by atoms with Crippen LogP contribution in [0.25, 0.3) is 5.65 Å². The standard InChI is InChI=1S/C10H14N6/c11-14-8-7-16-6-3-12-9(16)10(13-8)15-4-1-2-5-15/h3,6-7,14H,1-2,4-5,11H2. The van der Waals surface area contributed by atoms with Crippen molar-refractivity contribution in [1.82, 2.24) is 14.4 Å². The van der Waals surface area contributed by atoms with Gasteiger partial charge in [0.15, 0.2) is 17.3 Å². The van der Waals surface area contributed by atoms with E-state index in [1.807, 2.05) is 16.8 Å². The van der Waals surface area contributed by atoms with Crippen molar-refractivity contribution >= 4 is 17.3 Å². The molecule has 1 saturated heterocycles. The highest BCUT2D eigenvalue weighted by molar-refractivity contribution is 5.67. The van der Waals surface area contributed by atoms with E-state index >= 15 is 0 Å². The minimum absolute atomic E-state index is 0.660. The van der Waals surface area contributed by atoms with Crippen LogP contribution in [0.2, 0.25) is 0 Å². The molecule has 0 bridgehead atoms. The van der Waals surface area contributed by atoms with E-state index in [9.17, 15) is 0 Å². The number of nitrogen functional groups attached to an aromatic ring is 1. The molecule has 0 aliphatic carbocycles. The Hall–Kier alpha value is -1.82. The van der Waals surface area contributed by atoms with Gasteiger partial charge in [-0.1, -0.05) is 0 Å². The van der Waals surface area contributed by atoms with Crippen LogP contribution in [0.15, 0.2) is 18.6 Å². The number of hydrogen-bond acceptors (Lipinski definition) is 5. The quantitative estimate of drug-likeness (QED) is 0.571. The summed E-state index contributed by atoms with van der Waals surface area (Å²) in [7, 11) is 0. The molecule has 2 aromatic heterocycles. The zero-order chi connectivity index (χ0) is 11.0. The number of anilines is 2. The molecule has 6 heteroatoms. The topological polar surface area (TPSA) is 71.5 Å². The van der Waals surface area contributed by atoms with Gasteiger partial charge in [-0.15, -0.1) is 0 Å². The summed E-state index contributed by atoms with van der Waals surface area (Å²) in [6, 6.07) is 0. The monoisotopic (exact) mass is 218 g/mol. The number of nitrogens with one attached hydrogen (secondary N) is 1. The lowest BCUT2D eigenvalue weighted by Crippen LogP contribution is -2.21. The van der Waals surface area contributed by atoms with Crippen LogP contribution < -0.4 is 16.2 Å². The van der Waals surface area contributed by atoms with E-state index in [1.165, 1.54) is 12.8 Å². The minimum atomic E-state index is 0.660. The fourth-order valence-corrected chi connectivity index (χ4v) is 2.13. The first-order valence-corrected chi connectivity index (χ1v) is 5.44. The Bertz CT molecular complexity index is 499. The van der Waals surface area contributed by atoms with E-state index < -0.39 is 0 Å². The molecule has 3 heterocycles. The third kappa shape index (κ3) is 1.38. The lowest BCUT2D eigenvalue weighted by atomic mass is 10.4. The van der Waals surface area contributed by atoms with Crippen LogP contribution in [-0.4, -0.2) is 27.5 Å². The molecule has 3 N–H and O–H groups in total. The largest absolute Gasteiger partial charge is 0.353 e. The molecule has 0 radical (unpaired) electrons. The third-order valence-electron chi connectivity index (χ3n) is 2.91. The summed E-state index contributed by atoms with van der Waals surface area (Å²) in [6.07, 6.45) is 7.94. The van der Waals surface area contributed by atoms with Crippen LogP contribution in [0.5, 0.6) is 0 Å². The summed E-state index contributed by atoms with van der Waals surface area (Å²) < 4.78 is 1.94. The number of aromatic nitrogens is 3. The molecule has 3 rings (SSSR count). The smallest absolute Gasteiger partial charge is 0.180 e. The van der Waals surface area contributed by atoms with Gasteiger partial charge in [-0.05, 0) is 12.8 Å². The molecule has 6 nitrogen and oxygen atoms in total. The molecular weight excluding hydrogens is 204 g/mol. The molecule has 16 heavy (non-hydrogen) atoms. The summed E-state index contributed by atoms with van der Waals surface area (Å²) in [5.41, 5.74) is 3.48. The number of hydrogen-bond donors (Lipinski definition) is 2. The Morgan fingerprint density at radius 3 is 2.88 bits per heavy atom. The van der Waals surface area contributed by atoms with E-state index in [-0.39, 0.29) is 0 Å². The average Bonchev–Trinajstić information content (AvgIpc) is 2.98. The Balaban J connectivity index is 2.15. The van der Waals surface area contributed by atoms with E-state index in [4.69, 9.17) is 5.84 Å². The van der Waals surface area contributed by atoms with Gasteiger partial charge in [0.25, 0.3) is 0 Å². The van der Waals surface area contributed by atoms with Gasteiger partial charge >= 0.3 is 0 Å². The molecule has 0 saturated carbocycles. The first-order valence-electron chi connectivity index (χ1n) is 5.44. The SMILES string of the molecule is NNc1cn2ccnc2c(N2CCCC2)n1. The van der Waals surface area contributed by atoms with Crippen molar-refractivity contribution in [3.8, 4) is 0 Å². The van der Waals surface area contributed by atoms with Gasteiger partial charge in [0, 0.05) is 25.5 Å². The number of fused-ring (bicyclic) bond motifs is 1. The maximum atomic E-state index is 5.41. The fraction of sp³-hybridized carbons (Fsp3) is 0.400. The van der Waals surface area contributed by atoms with Gasteiger partial charge in [-0.25, -0.2) is 15.8 Å². The molecule has 1 aliphatic rings. The van der Waals surface area contributed by atoms with Gasteiger partial charge in [-0.3, -0.25) is 0 Å². The van der Waals surface area contributed by atoms with Crippen LogP contribution in [0.1, 0.15) is 12.8 Å². The average molecular weight is 218 g/mol. The predicted octanol–water partition coefficient (Wildman–Crippen LogP) is 0.615. The van der Waals surface area contributed by atoms with Crippen molar-refractivity contribution in [2.75, 3.05) is 23.4 Å². The van der Waals surface area contributed by atoms with Crippen LogP contribution >= 0.6 is 0 Å². The van der Waals surface area contributed by atoms with Crippen molar-refractivity contribution in [3.05, 3.63) is 18.6 Å². The van der Waals surface area contributed by atoms with Crippen molar-refractivity contribution < 1.29 is 0 Å². The summed E-state index contributed by atoms with van der Waals surface area (Å²) in [5, 5.41) is 0. The number of nitrogens with zero attached hydrogens (tertiary/aromatic N) is 4. The molecule has 0 spiro atoms. The van der Waals surface area contributed by atoms with Gasteiger partial charge in [-0.2, -0.15) is 0 Å². The van der Waals surface area contributed by atoms with Crippen LogP contribution in [0.4, 0.5) is 11.6 Å². The minimum Gasteiger partial charge on any atom is -0.353 e. The maximum absolute atomic E-state index is 5.41. The fourth-order valence-electron chi connectivity index (χ4n) is 2.13. The third-order valence-corrected chi connectivity index (χ3v) is 2.91. The molecule has 2 aromatic rings. The number of hydrazine groups is 1. The predicted molar refractivity (Wildman–Crippen MR) is 62.2 cm³/mol. The van der Waals surface area contributed by atoms with Gasteiger partial charge in [0.2, 0.25) is 0 Å². The molecule has 0 atom stereocenters. The number of imidazole rings is 1. The molecule has 0 amide bonds. The lowest BCUT2D eigenvalue weighted by Gasteiger charge is -2.17. The number of rotatable bonds is 2. The van der Waals surface area contributed by atoms with Crippen molar-refractivity contribution in [1.29, 1.82) is 0 Å². The van der Waals surface area contributed by atoms with Gasteiger partial charge in [0.1, 0.15) is 0 Å².